The summed E-state index contributed by atoms with van der Waals surface area (Å²) in [5, 5.41) is 2.76. The molecule has 1 atom stereocenters. The molecule has 0 saturated heterocycles. The number of nitrogens with zero attached hydrogens (tertiary/aromatic N) is 1. The first-order chi connectivity index (χ1) is 5.34. The second-order valence-electron chi connectivity index (χ2n) is 3.05. The third-order valence-electron chi connectivity index (χ3n) is 2.25. The van der Waals surface area contributed by atoms with E-state index in [9.17, 15) is 9.70 Å². The third kappa shape index (κ3) is 2.41. The smallest absolute Gasteiger partial charge is 0.136 e. The topological polar surface area (TPSA) is 46.5 Å². The van der Waals surface area contributed by atoms with Crippen LogP contribution in [-0.4, -0.2) is 12.3 Å². The number of Topliss-reactive ketones (excluding diaryl/α,β-unsaturated/α-hetero) is 1. The van der Waals surface area contributed by atoms with Gasteiger partial charge in [-0.1, -0.05) is 11.6 Å². The number of carbonyl (C=O) groups excluding carboxylic acids is 1. The standard InChI is InChI=1S/C8H13NO2/c10-8-4-2-1-3-7(8)5-6-9-11/h7H,1-6H2. The zero-order valence-electron chi connectivity index (χ0n) is 6.58. The summed E-state index contributed by atoms with van der Waals surface area (Å²) in [6.45, 7) is 0.302. The van der Waals surface area contributed by atoms with Gasteiger partial charge in [-0.15, -0.1) is 0 Å². The van der Waals surface area contributed by atoms with E-state index < -0.39 is 0 Å². The normalized spacial score (nSPS) is 25.1. The molecule has 3 nitrogen and oxygen atoms in total. The number of carbonyl (C=O) groups is 1. The van der Waals surface area contributed by atoms with Gasteiger partial charge in [0.15, 0.2) is 0 Å². The maximum absolute atomic E-state index is 11.2. The molecule has 11 heavy (non-hydrogen) atoms. The molecule has 0 aromatic rings. The van der Waals surface area contributed by atoms with Crippen molar-refractivity contribution in [3.05, 3.63) is 4.91 Å². The predicted molar refractivity (Wildman–Crippen MR) is 42.2 cm³/mol. The first kappa shape index (κ1) is 8.37. The van der Waals surface area contributed by atoms with E-state index in [1.54, 1.807) is 0 Å². The molecule has 1 saturated carbocycles. The lowest BCUT2D eigenvalue weighted by atomic mass is 9.86. The number of ketones is 1. The van der Waals surface area contributed by atoms with E-state index in [0.717, 1.165) is 19.3 Å². The van der Waals surface area contributed by atoms with Crippen molar-refractivity contribution < 1.29 is 4.79 Å². The summed E-state index contributed by atoms with van der Waals surface area (Å²) in [4.78, 5) is 20.9. The monoisotopic (exact) mass is 155 g/mol. The minimum Gasteiger partial charge on any atom is -0.299 e. The molecular formula is C8H13NO2. The Kier molecular flexibility index (Phi) is 3.20. The summed E-state index contributed by atoms with van der Waals surface area (Å²) in [6, 6.07) is 0. The number of hydrogen-bond acceptors (Lipinski definition) is 3. The van der Waals surface area contributed by atoms with Crippen molar-refractivity contribution >= 4 is 5.78 Å². The highest BCUT2D eigenvalue weighted by Crippen LogP contribution is 2.22. The lowest BCUT2D eigenvalue weighted by molar-refractivity contribution is -0.124. The lowest BCUT2D eigenvalue weighted by Crippen LogP contribution is -2.19. The van der Waals surface area contributed by atoms with Gasteiger partial charge in [0.05, 0.1) is 6.54 Å². The van der Waals surface area contributed by atoms with Crippen LogP contribution in [0, 0.1) is 10.8 Å². The molecule has 0 bridgehead atoms. The molecule has 1 unspecified atom stereocenters. The fraction of sp³-hybridized carbons (Fsp3) is 0.875. The van der Waals surface area contributed by atoms with Crippen LogP contribution in [0.1, 0.15) is 32.1 Å². The van der Waals surface area contributed by atoms with Crippen molar-refractivity contribution in [3.63, 3.8) is 0 Å². The maximum atomic E-state index is 11.2. The van der Waals surface area contributed by atoms with E-state index in [1.165, 1.54) is 0 Å². The van der Waals surface area contributed by atoms with Crippen LogP contribution < -0.4 is 0 Å². The number of hydrogen-bond donors (Lipinski definition) is 0. The van der Waals surface area contributed by atoms with Gasteiger partial charge < -0.3 is 0 Å². The number of nitroso groups, excluding NO2 is 1. The van der Waals surface area contributed by atoms with Crippen LogP contribution in [0.15, 0.2) is 5.18 Å². The quantitative estimate of drug-likeness (QED) is 0.584. The largest absolute Gasteiger partial charge is 0.299 e. The third-order valence-corrected chi connectivity index (χ3v) is 2.25. The Morgan fingerprint density at radius 1 is 1.45 bits per heavy atom. The summed E-state index contributed by atoms with van der Waals surface area (Å²) >= 11 is 0. The maximum Gasteiger partial charge on any atom is 0.136 e. The molecular weight excluding hydrogens is 142 g/mol. The van der Waals surface area contributed by atoms with Crippen LogP contribution in [0.4, 0.5) is 0 Å². The van der Waals surface area contributed by atoms with E-state index in [0.29, 0.717) is 25.2 Å². The van der Waals surface area contributed by atoms with Crippen LogP contribution >= 0.6 is 0 Å². The Balaban J connectivity index is 2.29. The number of rotatable bonds is 3. The van der Waals surface area contributed by atoms with E-state index in [2.05, 4.69) is 5.18 Å². The van der Waals surface area contributed by atoms with Gasteiger partial charge >= 0.3 is 0 Å². The molecule has 0 amide bonds. The van der Waals surface area contributed by atoms with Crippen molar-refractivity contribution in [1.82, 2.24) is 0 Å². The highest BCUT2D eigenvalue weighted by Gasteiger charge is 2.21. The average Bonchev–Trinajstić information content (AvgIpc) is 2.03. The van der Waals surface area contributed by atoms with Crippen LogP contribution in [-0.2, 0) is 4.79 Å². The van der Waals surface area contributed by atoms with Crippen LogP contribution in [0.3, 0.4) is 0 Å². The Bertz CT molecular complexity index is 156. The molecule has 0 N–H and O–H groups in total. The van der Waals surface area contributed by atoms with Crippen LogP contribution in [0.25, 0.3) is 0 Å². The van der Waals surface area contributed by atoms with Crippen molar-refractivity contribution in [2.24, 2.45) is 11.1 Å². The molecule has 0 aliphatic heterocycles. The average molecular weight is 155 g/mol. The molecule has 3 heteroatoms. The SMILES string of the molecule is O=NCCC1CCCCC1=O. The van der Waals surface area contributed by atoms with Gasteiger partial charge in [0.25, 0.3) is 0 Å². The second-order valence-corrected chi connectivity index (χ2v) is 3.05. The van der Waals surface area contributed by atoms with E-state index in [1.807, 2.05) is 0 Å². The summed E-state index contributed by atoms with van der Waals surface area (Å²) < 4.78 is 0. The molecule has 0 radical (unpaired) electrons. The summed E-state index contributed by atoms with van der Waals surface area (Å²) in [5.74, 6) is 0.473. The second kappa shape index (κ2) is 4.21. The molecule has 1 aliphatic rings. The molecule has 0 spiro atoms. The molecule has 1 aliphatic carbocycles. The Morgan fingerprint density at radius 2 is 2.27 bits per heavy atom. The highest BCUT2D eigenvalue weighted by molar-refractivity contribution is 5.81. The van der Waals surface area contributed by atoms with Gasteiger partial charge in [0.1, 0.15) is 5.78 Å². The van der Waals surface area contributed by atoms with Gasteiger partial charge in [-0.3, -0.25) is 4.79 Å². The van der Waals surface area contributed by atoms with Gasteiger partial charge in [-0.25, -0.2) is 0 Å². The van der Waals surface area contributed by atoms with E-state index in [4.69, 9.17) is 0 Å². The van der Waals surface area contributed by atoms with Gasteiger partial charge in [-0.05, 0) is 19.3 Å². The fourth-order valence-electron chi connectivity index (χ4n) is 1.57. The van der Waals surface area contributed by atoms with Crippen molar-refractivity contribution in [2.45, 2.75) is 32.1 Å². The predicted octanol–water partition coefficient (Wildman–Crippen LogP) is 1.90. The first-order valence-corrected chi connectivity index (χ1v) is 4.16. The molecule has 0 heterocycles. The van der Waals surface area contributed by atoms with Gasteiger partial charge in [-0.2, -0.15) is 4.91 Å². The van der Waals surface area contributed by atoms with Crippen LogP contribution in [0.5, 0.6) is 0 Å². The summed E-state index contributed by atoms with van der Waals surface area (Å²) in [5.41, 5.74) is 0. The zero-order chi connectivity index (χ0) is 8.10. The molecule has 0 aromatic carbocycles. The first-order valence-electron chi connectivity index (χ1n) is 4.16. The Labute approximate surface area is 66.1 Å². The lowest BCUT2D eigenvalue weighted by Gasteiger charge is -2.18. The summed E-state index contributed by atoms with van der Waals surface area (Å²) in [7, 11) is 0. The van der Waals surface area contributed by atoms with E-state index >= 15 is 0 Å². The van der Waals surface area contributed by atoms with Crippen molar-refractivity contribution in [3.8, 4) is 0 Å². The summed E-state index contributed by atoms with van der Waals surface area (Å²) in [6.07, 6.45) is 4.51. The Morgan fingerprint density at radius 3 is 2.91 bits per heavy atom. The minimum absolute atomic E-state index is 0.140. The fourth-order valence-corrected chi connectivity index (χ4v) is 1.57. The molecule has 0 aromatic heterocycles. The van der Waals surface area contributed by atoms with Gasteiger partial charge in [0, 0.05) is 12.3 Å². The zero-order valence-corrected chi connectivity index (χ0v) is 6.58. The van der Waals surface area contributed by atoms with Gasteiger partial charge in [0.2, 0.25) is 0 Å². The molecule has 62 valence electrons. The van der Waals surface area contributed by atoms with E-state index in [-0.39, 0.29) is 5.92 Å². The molecule has 1 rings (SSSR count). The van der Waals surface area contributed by atoms with Crippen LogP contribution in [0.2, 0.25) is 0 Å². The molecule has 1 fully saturated rings. The van der Waals surface area contributed by atoms with Crippen molar-refractivity contribution in [2.75, 3.05) is 6.54 Å². The van der Waals surface area contributed by atoms with Crippen molar-refractivity contribution in [1.29, 1.82) is 0 Å². The highest BCUT2D eigenvalue weighted by atomic mass is 16.3. The Hall–Kier alpha value is -0.730. The minimum atomic E-state index is 0.140.